The number of fused-ring (bicyclic) bond motifs is 6. The highest BCUT2D eigenvalue weighted by molar-refractivity contribution is 7.25. The molecule has 0 saturated carbocycles. The molecule has 0 fully saturated rings. The third-order valence-electron chi connectivity index (χ3n) is 9.91. The van der Waals surface area contributed by atoms with Crippen LogP contribution in [0.1, 0.15) is 2.74 Å². The molecular weight excluding hydrogens is 609 g/mol. The molecule has 0 unspecified atom stereocenters. The quantitative estimate of drug-likeness (QED) is 0.168. The first-order valence-corrected chi connectivity index (χ1v) is 17.5. The van der Waals surface area contributed by atoms with Crippen LogP contribution in [0.5, 0.6) is 0 Å². The van der Waals surface area contributed by atoms with E-state index in [9.17, 15) is 0 Å². The molecule has 0 bridgehead atoms. The number of hydrogen-bond donors (Lipinski definition) is 0. The molecule has 0 spiro atoms. The van der Waals surface area contributed by atoms with E-state index < -0.39 is 0 Å². The van der Waals surface area contributed by atoms with Gasteiger partial charge < -0.3 is 0 Å². The highest BCUT2D eigenvalue weighted by Crippen LogP contribution is 2.46. The van der Waals surface area contributed by atoms with Gasteiger partial charge in [-0.25, -0.2) is 0 Å². The topological polar surface area (TPSA) is 0 Å². The molecule has 0 saturated heterocycles. The van der Waals surface area contributed by atoms with E-state index in [0.717, 1.165) is 20.9 Å². The summed E-state index contributed by atoms with van der Waals surface area (Å²) in [4.78, 5) is 0. The van der Waals surface area contributed by atoms with Gasteiger partial charge in [0.05, 0.1) is 2.74 Å². The average molecular weight is 641 g/mol. The van der Waals surface area contributed by atoms with E-state index in [0.29, 0.717) is 12.1 Å². The molecular formula is C48H30S. The van der Waals surface area contributed by atoms with E-state index in [1.807, 2.05) is 30.3 Å². The van der Waals surface area contributed by atoms with Crippen molar-refractivity contribution in [3.8, 4) is 44.5 Å². The van der Waals surface area contributed by atoms with Gasteiger partial charge >= 0.3 is 0 Å². The van der Waals surface area contributed by atoms with Crippen molar-refractivity contribution in [2.75, 3.05) is 0 Å². The van der Waals surface area contributed by atoms with Gasteiger partial charge in [-0.15, -0.1) is 11.3 Å². The third kappa shape index (κ3) is 4.58. The van der Waals surface area contributed by atoms with Crippen LogP contribution in [0.4, 0.5) is 0 Å². The van der Waals surface area contributed by atoms with Crippen molar-refractivity contribution in [2.45, 2.75) is 0 Å². The fraction of sp³-hybridized carbons (Fsp3) is 0. The van der Waals surface area contributed by atoms with Crippen LogP contribution >= 0.6 is 11.3 Å². The van der Waals surface area contributed by atoms with Crippen LogP contribution in [0.2, 0.25) is 0 Å². The van der Waals surface area contributed by atoms with Crippen molar-refractivity contribution in [3.63, 3.8) is 0 Å². The summed E-state index contributed by atoms with van der Waals surface area (Å²) < 4.78 is 18.8. The summed E-state index contributed by atoms with van der Waals surface area (Å²) in [6, 6.07) is 61.6. The summed E-state index contributed by atoms with van der Waals surface area (Å²) in [6.07, 6.45) is 0. The highest BCUT2D eigenvalue weighted by atomic mass is 32.1. The van der Waals surface area contributed by atoms with Crippen molar-refractivity contribution in [3.05, 3.63) is 182 Å². The van der Waals surface area contributed by atoms with Gasteiger partial charge in [0, 0.05) is 20.2 Å². The summed E-state index contributed by atoms with van der Waals surface area (Å²) in [5.41, 5.74) is 9.58. The van der Waals surface area contributed by atoms with Crippen molar-refractivity contribution in [1.82, 2.24) is 0 Å². The van der Waals surface area contributed by atoms with Crippen molar-refractivity contribution < 1.29 is 2.74 Å². The Morgan fingerprint density at radius 1 is 0.367 bits per heavy atom. The van der Waals surface area contributed by atoms with Crippen molar-refractivity contribution in [2.24, 2.45) is 0 Å². The minimum absolute atomic E-state index is 0.534. The van der Waals surface area contributed by atoms with Gasteiger partial charge in [-0.2, -0.15) is 0 Å². The molecule has 1 aromatic heterocycles. The van der Waals surface area contributed by atoms with E-state index in [1.165, 1.54) is 76.1 Å². The SMILES string of the molecule is [2H]c1ccc2cc(-c3ccc(-c4c5ccccc5c(-c5cccc(-c6cccc7sc8c([2H])cccc8c67)c5)c5ccccc45)cc3)ccc2c1. The molecule has 228 valence electrons. The fourth-order valence-corrected chi connectivity index (χ4v) is 8.77. The number of thiophene rings is 1. The van der Waals surface area contributed by atoms with Crippen LogP contribution in [-0.2, 0) is 0 Å². The smallest absolute Gasteiger partial charge is 0.0638 e. The molecule has 0 aliphatic carbocycles. The first kappa shape index (κ1) is 26.0. The maximum atomic E-state index is 8.54. The van der Waals surface area contributed by atoms with Crippen molar-refractivity contribution in [1.29, 1.82) is 0 Å². The second kappa shape index (κ2) is 11.3. The van der Waals surface area contributed by atoms with Gasteiger partial charge in [0.1, 0.15) is 0 Å². The van der Waals surface area contributed by atoms with Crippen LogP contribution in [-0.4, -0.2) is 0 Å². The summed E-state index contributed by atoms with van der Waals surface area (Å²) in [6.45, 7) is 0. The van der Waals surface area contributed by atoms with E-state index in [4.69, 9.17) is 2.74 Å². The average Bonchev–Trinajstić information content (AvgIpc) is 3.57. The Bertz CT molecular complexity index is 2930. The molecule has 9 aromatic carbocycles. The van der Waals surface area contributed by atoms with Gasteiger partial charge in [0.2, 0.25) is 0 Å². The van der Waals surface area contributed by atoms with Crippen LogP contribution in [0, 0.1) is 0 Å². The van der Waals surface area contributed by atoms with Crippen LogP contribution < -0.4 is 0 Å². The van der Waals surface area contributed by atoms with E-state index >= 15 is 0 Å². The van der Waals surface area contributed by atoms with Crippen LogP contribution in [0.25, 0.3) is 97.0 Å². The summed E-state index contributed by atoms with van der Waals surface area (Å²) in [7, 11) is 0. The normalized spacial score (nSPS) is 12.2. The second-order valence-corrected chi connectivity index (χ2v) is 13.7. The molecule has 0 nitrogen and oxygen atoms in total. The summed E-state index contributed by atoms with van der Waals surface area (Å²) in [5, 5.41) is 9.53. The summed E-state index contributed by atoms with van der Waals surface area (Å²) in [5.74, 6) is 0. The van der Waals surface area contributed by atoms with Gasteiger partial charge in [-0.3, -0.25) is 0 Å². The molecule has 10 aromatic rings. The molecule has 10 rings (SSSR count). The Kier molecular flexibility index (Phi) is 6.00. The minimum atomic E-state index is 0.534. The monoisotopic (exact) mass is 640 g/mol. The van der Waals surface area contributed by atoms with Gasteiger partial charge in [0.15, 0.2) is 0 Å². The van der Waals surface area contributed by atoms with Crippen LogP contribution in [0.3, 0.4) is 0 Å². The predicted octanol–water partition coefficient (Wildman–Crippen LogP) is 14.2. The number of benzene rings is 9. The maximum Gasteiger partial charge on any atom is 0.0638 e. The molecule has 0 aliphatic rings. The van der Waals surface area contributed by atoms with Gasteiger partial charge in [-0.05, 0) is 101 Å². The Hall–Kier alpha value is -6.02. The Balaban J connectivity index is 1.14. The van der Waals surface area contributed by atoms with Crippen molar-refractivity contribution >= 4 is 63.8 Å². The first-order valence-electron chi connectivity index (χ1n) is 17.7. The number of hydrogen-bond acceptors (Lipinski definition) is 1. The third-order valence-corrected chi connectivity index (χ3v) is 11.0. The maximum absolute atomic E-state index is 8.54. The molecule has 49 heavy (non-hydrogen) atoms. The van der Waals surface area contributed by atoms with Gasteiger partial charge in [-0.1, -0.05) is 158 Å². The van der Waals surface area contributed by atoms with E-state index in [1.54, 1.807) is 11.3 Å². The van der Waals surface area contributed by atoms with Gasteiger partial charge in [0.25, 0.3) is 0 Å². The van der Waals surface area contributed by atoms with E-state index in [-0.39, 0.29) is 0 Å². The number of rotatable bonds is 4. The Morgan fingerprint density at radius 2 is 1.00 bits per heavy atom. The first-order chi connectivity index (χ1) is 25.1. The minimum Gasteiger partial charge on any atom is -0.135 e. The van der Waals surface area contributed by atoms with E-state index in [2.05, 4.69) is 140 Å². The molecule has 0 amide bonds. The summed E-state index contributed by atoms with van der Waals surface area (Å²) >= 11 is 1.71. The molecule has 0 radical (unpaired) electrons. The lowest BCUT2D eigenvalue weighted by molar-refractivity contribution is 1.62. The molecule has 1 heterocycles. The standard InChI is InChI=1S/C48H30S/c1-2-12-34-29-35(28-25-31(34)11-1)32-23-26-33(27-24-32)46-39-15-3-5-17-41(39)47(42-18-6-4-16-40(42)46)37-14-9-13-36(30-37)38-20-10-22-45-48(38)43-19-7-8-21-44(43)49-45/h1-30H/i1D,21D. The largest absolute Gasteiger partial charge is 0.135 e. The molecule has 0 aliphatic heterocycles. The second-order valence-electron chi connectivity index (χ2n) is 12.7. The molecule has 1 heteroatoms. The lowest BCUT2D eigenvalue weighted by Gasteiger charge is -2.18. The predicted molar refractivity (Wildman–Crippen MR) is 214 cm³/mol. The molecule has 0 N–H and O–H groups in total. The Labute approximate surface area is 292 Å². The fourth-order valence-electron chi connectivity index (χ4n) is 7.68. The lowest BCUT2D eigenvalue weighted by atomic mass is 9.85. The Morgan fingerprint density at radius 3 is 1.78 bits per heavy atom. The lowest BCUT2D eigenvalue weighted by Crippen LogP contribution is -1.91. The zero-order chi connectivity index (χ0) is 34.1. The molecule has 0 atom stereocenters. The highest BCUT2D eigenvalue weighted by Gasteiger charge is 2.18. The zero-order valence-electron chi connectivity index (χ0n) is 28.6. The zero-order valence-corrected chi connectivity index (χ0v) is 27.4. The van der Waals surface area contributed by atoms with Crippen LogP contribution in [0.15, 0.2) is 182 Å².